The Morgan fingerprint density at radius 2 is 1.83 bits per heavy atom. The molecule has 0 aliphatic rings. The van der Waals surface area contributed by atoms with E-state index in [1.165, 1.54) is 37.5 Å². The SMILES string of the molecule is C=C/C(=C\C(=C/C)CCC(=O)O)OC(=O)c1ccc(-c2cc(OC)ccc2F)cc1. The minimum Gasteiger partial charge on any atom is -0.497 e. The van der Waals surface area contributed by atoms with Crippen molar-refractivity contribution in [2.75, 3.05) is 7.11 Å². The van der Waals surface area contributed by atoms with E-state index in [1.54, 1.807) is 37.3 Å². The van der Waals surface area contributed by atoms with Gasteiger partial charge in [-0.2, -0.15) is 0 Å². The predicted octanol–water partition coefficient (Wildman–Crippen LogP) is 5.54. The first-order chi connectivity index (χ1) is 14.4. The largest absolute Gasteiger partial charge is 0.497 e. The van der Waals surface area contributed by atoms with E-state index < -0.39 is 17.8 Å². The Morgan fingerprint density at radius 1 is 1.13 bits per heavy atom. The summed E-state index contributed by atoms with van der Waals surface area (Å²) >= 11 is 0. The Labute approximate surface area is 174 Å². The van der Waals surface area contributed by atoms with Crippen molar-refractivity contribution in [3.8, 4) is 16.9 Å². The molecule has 0 aliphatic carbocycles. The highest BCUT2D eigenvalue weighted by Crippen LogP contribution is 2.27. The van der Waals surface area contributed by atoms with Crippen LogP contribution >= 0.6 is 0 Å². The van der Waals surface area contributed by atoms with Crippen molar-refractivity contribution in [1.29, 1.82) is 0 Å². The number of esters is 1. The molecule has 0 radical (unpaired) electrons. The molecule has 2 rings (SSSR count). The van der Waals surface area contributed by atoms with Crippen LogP contribution in [0.5, 0.6) is 5.75 Å². The molecule has 0 heterocycles. The summed E-state index contributed by atoms with van der Waals surface area (Å²) in [7, 11) is 1.50. The lowest BCUT2D eigenvalue weighted by molar-refractivity contribution is -0.136. The molecular weight excluding hydrogens is 387 g/mol. The molecule has 0 saturated heterocycles. The van der Waals surface area contributed by atoms with Crippen LogP contribution in [0, 0.1) is 5.82 Å². The fourth-order valence-corrected chi connectivity index (χ4v) is 2.67. The average molecular weight is 410 g/mol. The third-order valence-corrected chi connectivity index (χ3v) is 4.34. The summed E-state index contributed by atoms with van der Waals surface area (Å²) in [5.41, 5.74) is 1.94. The van der Waals surface area contributed by atoms with Crippen LogP contribution in [0.25, 0.3) is 11.1 Å². The first-order valence-corrected chi connectivity index (χ1v) is 9.25. The monoisotopic (exact) mass is 410 g/mol. The topological polar surface area (TPSA) is 72.8 Å². The van der Waals surface area contributed by atoms with Crippen molar-refractivity contribution in [3.05, 3.63) is 90.0 Å². The van der Waals surface area contributed by atoms with Gasteiger partial charge in [-0.25, -0.2) is 9.18 Å². The second-order valence-corrected chi connectivity index (χ2v) is 6.32. The Hall–Kier alpha value is -3.67. The maximum Gasteiger partial charge on any atom is 0.343 e. The molecule has 0 unspecified atom stereocenters. The van der Waals surface area contributed by atoms with Crippen LogP contribution in [0.4, 0.5) is 4.39 Å². The number of carboxylic acids is 1. The van der Waals surface area contributed by atoms with Crippen molar-refractivity contribution in [2.45, 2.75) is 19.8 Å². The lowest BCUT2D eigenvalue weighted by Crippen LogP contribution is -2.04. The standard InChI is InChI=1S/C24H23FO5/c1-4-16(6-13-23(26)27)14-19(5-2)30-24(28)18-9-7-17(8-10-18)21-15-20(29-3)11-12-22(21)25/h4-5,7-12,14-15H,2,6,13H2,1,3H3,(H,26,27)/b16-4-,19-14+. The second kappa shape index (κ2) is 10.8. The molecule has 156 valence electrons. The molecule has 0 amide bonds. The molecule has 0 bridgehead atoms. The van der Waals surface area contributed by atoms with Gasteiger partial charge in [-0.15, -0.1) is 0 Å². The van der Waals surface area contributed by atoms with Crippen molar-refractivity contribution < 1.29 is 28.6 Å². The lowest BCUT2D eigenvalue weighted by atomic mass is 10.0. The van der Waals surface area contributed by atoms with Gasteiger partial charge in [-0.3, -0.25) is 4.79 Å². The minimum absolute atomic E-state index is 0.0309. The number of carboxylic acid groups (broad SMARTS) is 1. The van der Waals surface area contributed by atoms with E-state index in [0.717, 1.165) is 0 Å². The zero-order valence-electron chi connectivity index (χ0n) is 16.9. The van der Waals surface area contributed by atoms with Gasteiger partial charge in [0, 0.05) is 12.0 Å². The number of hydrogen-bond acceptors (Lipinski definition) is 4. The van der Waals surface area contributed by atoms with E-state index >= 15 is 0 Å². The first-order valence-electron chi connectivity index (χ1n) is 9.25. The fraction of sp³-hybridized carbons (Fsp3) is 0.167. The molecule has 0 atom stereocenters. The normalized spacial score (nSPS) is 11.7. The summed E-state index contributed by atoms with van der Waals surface area (Å²) in [5, 5.41) is 8.81. The molecular formula is C24H23FO5. The molecule has 0 saturated carbocycles. The quantitative estimate of drug-likeness (QED) is 0.334. The van der Waals surface area contributed by atoms with Gasteiger partial charge in [0.25, 0.3) is 0 Å². The maximum atomic E-state index is 14.1. The van der Waals surface area contributed by atoms with E-state index in [4.69, 9.17) is 14.6 Å². The Kier molecular flexibility index (Phi) is 8.11. The highest BCUT2D eigenvalue weighted by Gasteiger charge is 2.12. The predicted molar refractivity (Wildman–Crippen MR) is 113 cm³/mol. The number of aliphatic carboxylic acids is 1. The third kappa shape index (κ3) is 6.17. The Bertz CT molecular complexity index is 987. The van der Waals surface area contributed by atoms with E-state index in [-0.39, 0.29) is 17.7 Å². The van der Waals surface area contributed by atoms with Gasteiger partial charge in [0.2, 0.25) is 0 Å². The third-order valence-electron chi connectivity index (χ3n) is 4.34. The second-order valence-electron chi connectivity index (χ2n) is 6.32. The molecule has 5 nitrogen and oxygen atoms in total. The maximum absolute atomic E-state index is 14.1. The van der Waals surface area contributed by atoms with Crippen LogP contribution in [0.15, 0.2) is 78.6 Å². The zero-order chi connectivity index (χ0) is 22.1. The summed E-state index contributed by atoms with van der Waals surface area (Å²) in [4.78, 5) is 23.2. The molecule has 0 spiro atoms. The van der Waals surface area contributed by atoms with Crippen LogP contribution in [-0.2, 0) is 9.53 Å². The molecule has 2 aromatic carbocycles. The van der Waals surface area contributed by atoms with Gasteiger partial charge >= 0.3 is 11.9 Å². The van der Waals surface area contributed by atoms with Gasteiger partial charge in [0.15, 0.2) is 0 Å². The van der Waals surface area contributed by atoms with Gasteiger partial charge in [-0.05, 0) is 67.0 Å². The minimum atomic E-state index is -0.910. The number of methoxy groups -OCH3 is 1. The fourth-order valence-electron chi connectivity index (χ4n) is 2.67. The van der Waals surface area contributed by atoms with E-state index in [9.17, 15) is 14.0 Å². The average Bonchev–Trinajstić information content (AvgIpc) is 2.76. The number of halogens is 1. The van der Waals surface area contributed by atoms with E-state index in [1.807, 2.05) is 0 Å². The van der Waals surface area contributed by atoms with Crippen LogP contribution in [0.3, 0.4) is 0 Å². The van der Waals surface area contributed by atoms with Gasteiger partial charge < -0.3 is 14.6 Å². The van der Waals surface area contributed by atoms with Gasteiger partial charge in [0.05, 0.1) is 12.7 Å². The number of rotatable bonds is 9. The van der Waals surface area contributed by atoms with Gasteiger partial charge in [-0.1, -0.05) is 24.8 Å². The van der Waals surface area contributed by atoms with Crippen molar-refractivity contribution >= 4 is 11.9 Å². The number of carbonyl (C=O) groups is 2. The first kappa shape index (κ1) is 22.6. The number of ether oxygens (including phenoxy) is 2. The van der Waals surface area contributed by atoms with Crippen LogP contribution < -0.4 is 4.74 Å². The molecule has 0 aromatic heterocycles. The Balaban J connectivity index is 2.16. The Morgan fingerprint density at radius 3 is 2.40 bits per heavy atom. The van der Waals surface area contributed by atoms with Crippen molar-refractivity contribution in [1.82, 2.24) is 0 Å². The summed E-state index contributed by atoms with van der Waals surface area (Å²) < 4.78 is 24.6. The molecule has 2 aromatic rings. The van der Waals surface area contributed by atoms with E-state index in [2.05, 4.69) is 6.58 Å². The summed E-state index contributed by atoms with van der Waals surface area (Å²) in [6, 6.07) is 10.8. The summed E-state index contributed by atoms with van der Waals surface area (Å²) in [5.74, 6) is -1.18. The van der Waals surface area contributed by atoms with Crippen molar-refractivity contribution in [2.24, 2.45) is 0 Å². The lowest BCUT2D eigenvalue weighted by Gasteiger charge is -2.09. The highest BCUT2D eigenvalue weighted by molar-refractivity contribution is 5.91. The number of carbonyl (C=O) groups excluding carboxylic acids is 1. The molecule has 6 heteroatoms. The number of hydrogen-bond donors (Lipinski definition) is 1. The molecule has 1 N–H and O–H groups in total. The van der Waals surface area contributed by atoms with Gasteiger partial charge in [0.1, 0.15) is 17.3 Å². The molecule has 0 aliphatic heterocycles. The highest BCUT2D eigenvalue weighted by atomic mass is 19.1. The summed E-state index contributed by atoms with van der Waals surface area (Å²) in [6.45, 7) is 5.40. The van der Waals surface area contributed by atoms with Crippen LogP contribution in [0.1, 0.15) is 30.1 Å². The zero-order valence-corrected chi connectivity index (χ0v) is 16.9. The summed E-state index contributed by atoms with van der Waals surface area (Å²) in [6.07, 6.45) is 4.98. The number of allylic oxidation sites excluding steroid dienone is 4. The molecule has 30 heavy (non-hydrogen) atoms. The number of benzene rings is 2. The van der Waals surface area contributed by atoms with Crippen molar-refractivity contribution in [3.63, 3.8) is 0 Å². The van der Waals surface area contributed by atoms with E-state index in [0.29, 0.717) is 28.9 Å². The van der Waals surface area contributed by atoms with Crippen LogP contribution in [-0.4, -0.2) is 24.2 Å². The molecule has 0 fully saturated rings. The van der Waals surface area contributed by atoms with Crippen LogP contribution in [0.2, 0.25) is 0 Å². The smallest absolute Gasteiger partial charge is 0.343 e.